The van der Waals surface area contributed by atoms with E-state index in [-0.39, 0.29) is 11.7 Å². The number of nitrogens with two attached hydrogens (primary N) is 1. The van der Waals surface area contributed by atoms with Crippen LogP contribution in [-0.2, 0) is 14.4 Å². The molecule has 0 aliphatic rings. The first kappa shape index (κ1) is 13.8. The molecule has 0 aliphatic heterocycles. The highest BCUT2D eigenvalue weighted by atomic mass is 32.2. The number of carboxylic acid groups (broad SMARTS) is 1. The summed E-state index contributed by atoms with van der Waals surface area (Å²) in [6.45, 7) is 1.65. The number of carbonyl (C=O) groups is 3. The largest absolute Gasteiger partial charge is 0.480 e. The summed E-state index contributed by atoms with van der Waals surface area (Å²) in [4.78, 5) is 31.3. The monoisotopic (exact) mass is 234 g/mol. The molecule has 0 aromatic carbocycles. The van der Waals surface area contributed by atoms with E-state index in [1.807, 2.05) is 0 Å². The van der Waals surface area contributed by atoms with Gasteiger partial charge in [-0.1, -0.05) is 0 Å². The van der Waals surface area contributed by atoms with Gasteiger partial charge in [0.05, 0.1) is 5.25 Å². The maximum atomic E-state index is 10.6. The number of aliphatic carboxylic acids is 1. The van der Waals surface area contributed by atoms with Crippen LogP contribution >= 0.6 is 11.8 Å². The quantitative estimate of drug-likeness (QED) is 0.475. The van der Waals surface area contributed by atoms with Gasteiger partial charge in [-0.2, -0.15) is 0 Å². The lowest BCUT2D eigenvalue weighted by atomic mass is 10.2. The SMILES string of the molecule is CC(SCCC(NC=O)C(=O)O)C(N)=O. The number of rotatable bonds is 8. The Morgan fingerprint density at radius 3 is 2.60 bits per heavy atom. The number of carboxylic acids is 1. The van der Waals surface area contributed by atoms with Crippen molar-refractivity contribution >= 4 is 30.0 Å². The molecular formula is C8H14N2O4S. The van der Waals surface area contributed by atoms with Gasteiger partial charge in [-0.3, -0.25) is 9.59 Å². The second-order valence-corrected chi connectivity index (χ2v) is 4.33. The molecule has 2 atom stereocenters. The summed E-state index contributed by atoms with van der Waals surface area (Å²) < 4.78 is 0. The Kier molecular flexibility index (Phi) is 6.52. The van der Waals surface area contributed by atoms with Crippen LogP contribution in [0.3, 0.4) is 0 Å². The lowest BCUT2D eigenvalue weighted by Gasteiger charge is -2.11. The van der Waals surface area contributed by atoms with E-state index in [4.69, 9.17) is 10.8 Å². The molecule has 86 valence electrons. The van der Waals surface area contributed by atoms with Crippen LogP contribution < -0.4 is 11.1 Å². The summed E-state index contributed by atoms with van der Waals surface area (Å²) in [6.07, 6.45) is 0.608. The number of carbonyl (C=O) groups excluding carboxylic acids is 2. The molecular weight excluding hydrogens is 220 g/mol. The lowest BCUT2D eigenvalue weighted by Crippen LogP contribution is -2.36. The maximum absolute atomic E-state index is 10.6. The van der Waals surface area contributed by atoms with Crippen LogP contribution in [0.5, 0.6) is 0 Å². The molecule has 0 saturated carbocycles. The van der Waals surface area contributed by atoms with Gasteiger partial charge in [-0.05, 0) is 19.1 Å². The van der Waals surface area contributed by atoms with Crippen molar-refractivity contribution in [2.45, 2.75) is 24.6 Å². The van der Waals surface area contributed by atoms with E-state index in [2.05, 4.69) is 5.32 Å². The predicted octanol–water partition coefficient (Wildman–Crippen LogP) is -0.817. The fraction of sp³-hybridized carbons (Fsp3) is 0.625. The Hall–Kier alpha value is -1.24. The summed E-state index contributed by atoms with van der Waals surface area (Å²) in [5.74, 6) is -1.08. The average molecular weight is 234 g/mol. The van der Waals surface area contributed by atoms with Gasteiger partial charge in [-0.15, -0.1) is 11.8 Å². The van der Waals surface area contributed by atoms with Crippen molar-refractivity contribution in [2.24, 2.45) is 5.73 Å². The first-order valence-corrected chi connectivity index (χ1v) is 5.37. The number of amides is 2. The number of thioether (sulfide) groups is 1. The summed E-state index contributed by atoms with van der Waals surface area (Å²) in [6, 6.07) is -0.907. The number of hydrogen-bond acceptors (Lipinski definition) is 4. The molecule has 7 heteroatoms. The fourth-order valence-corrected chi connectivity index (χ4v) is 1.69. The third-order valence-electron chi connectivity index (χ3n) is 1.74. The highest BCUT2D eigenvalue weighted by Crippen LogP contribution is 2.12. The van der Waals surface area contributed by atoms with Crippen molar-refractivity contribution in [3.8, 4) is 0 Å². The second kappa shape index (κ2) is 7.10. The van der Waals surface area contributed by atoms with Crippen molar-refractivity contribution in [1.29, 1.82) is 0 Å². The van der Waals surface area contributed by atoms with Crippen molar-refractivity contribution < 1.29 is 19.5 Å². The Bertz CT molecular complexity index is 247. The van der Waals surface area contributed by atoms with Gasteiger partial charge in [0.1, 0.15) is 6.04 Å². The molecule has 0 aliphatic carbocycles. The van der Waals surface area contributed by atoms with Gasteiger partial charge in [0, 0.05) is 0 Å². The minimum Gasteiger partial charge on any atom is -0.480 e. The van der Waals surface area contributed by atoms with Crippen LogP contribution in [0, 0.1) is 0 Å². The van der Waals surface area contributed by atoms with Crippen LogP contribution in [0.4, 0.5) is 0 Å². The van der Waals surface area contributed by atoms with Gasteiger partial charge in [0.15, 0.2) is 0 Å². The summed E-state index contributed by atoms with van der Waals surface area (Å²) in [5.41, 5.74) is 5.02. The molecule has 0 heterocycles. The maximum Gasteiger partial charge on any atom is 0.326 e. The topological polar surface area (TPSA) is 109 Å². The van der Waals surface area contributed by atoms with Gasteiger partial charge in [0.2, 0.25) is 12.3 Å². The highest BCUT2D eigenvalue weighted by Gasteiger charge is 2.17. The first-order chi connectivity index (χ1) is 6.99. The van der Waals surface area contributed by atoms with E-state index < -0.39 is 17.9 Å². The lowest BCUT2D eigenvalue weighted by molar-refractivity contribution is -0.140. The van der Waals surface area contributed by atoms with Crippen LogP contribution in [0.2, 0.25) is 0 Å². The van der Waals surface area contributed by atoms with Gasteiger partial charge in [0.25, 0.3) is 0 Å². The van der Waals surface area contributed by atoms with Crippen molar-refractivity contribution in [3.05, 3.63) is 0 Å². The normalized spacial score (nSPS) is 13.9. The van der Waals surface area contributed by atoms with Crippen LogP contribution in [0.25, 0.3) is 0 Å². The third kappa shape index (κ3) is 5.95. The fourth-order valence-electron chi connectivity index (χ4n) is 0.805. The van der Waals surface area contributed by atoms with Crippen LogP contribution in [-0.4, -0.2) is 40.4 Å². The van der Waals surface area contributed by atoms with Crippen molar-refractivity contribution in [3.63, 3.8) is 0 Å². The Morgan fingerprint density at radius 2 is 2.20 bits per heavy atom. The predicted molar refractivity (Wildman–Crippen MR) is 56.4 cm³/mol. The minimum absolute atomic E-state index is 0.260. The molecule has 0 spiro atoms. The van der Waals surface area contributed by atoms with Gasteiger partial charge >= 0.3 is 5.97 Å². The van der Waals surface area contributed by atoms with Gasteiger partial charge < -0.3 is 16.2 Å². The number of nitrogens with one attached hydrogen (secondary N) is 1. The van der Waals surface area contributed by atoms with Crippen molar-refractivity contribution in [1.82, 2.24) is 5.32 Å². The van der Waals surface area contributed by atoms with E-state index in [0.717, 1.165) is 0 Å². The van der Waals surface area contributed by atoms with Crippen LogP contribution in [0.1, 0.15) is 13.3 Å². The second-order valence-electron chi connectivity index (χ2n) is 2.88. The standard InChI is InChI=1S/C8H14N2O4S/c1-5(7(9)12)15-3-2-6(8(13)14)10-4-11/h4-6H,2-3H2,1H3,(H2,9,12)(H,10,11)(H,13,14). The molecule has 0 aromatic rings. The summed E-state index contributed by atoms with van der Waals surface area (Å²) >= 11 is 1.26. The zero-order chi connectivity index (χ0) is 11.8. The summed E-state index contributed by atoms with van der Waals surface area (Å²) in [7, 11) is 0. The molecule has 6 nitrogen and oxygen atoms in total. The Labute approximate surface area is 91.6 Å². The molecule has 0 fully saturated rings. The highest BCUT2D eigenvalue weighted by molar-refractivity contribution is 8.00. The van der Waals surface area contributed by atoms with Crippen molar-refractivity contribution in [2.75, 3.05) is 5.75 Å². The molecule has 15 heavy (non-hydrogen) atoms. The molecule has 0 aromatic heterocycles. The minimum atomic E-state index is -1.09. The smallest absolute Gasteiger partial charge is 0.326 e. The van der Waals surface area contributed by atoms with E-state index in [1.165, 1.54) is 11.8 Å². The van der Waals surface area contributed by atoms with E-state index >= 15 is 0 Å². The van der Waals surface area contributed by atoms with Gasteiger partial charge in [-0.25, -0.2) is 4.79 Å². The molecule has 0 saturated heterocycles. The Balaban J connectivity index is 3.85. The molecule has 0 rings (SSSR count). The third-order valence-corrected chi connectivity index (χ3v) is 2.95. The molecule has 2 amide bonds. The van der Waals surface area contributed by atoms with E-state index in [0.29, 0.717) is 12.2 Å². The number of primary amides is 1. The molecule has 0 bridgehead atoms. The van der Waals surface area contributed by atoms with Crippen LogP contribution in [0.15, 0.2) is 0 Å². The van der Waals surface area contributed by atoms with E-state index in [1.54, 1.807) is 6.92 Å². The Morgan fingerprint density at radius 1 is 1.60 bits per heavy atom. The molecule has 2 unspecified atom stereocenters. The zero-order valence-electron chi connectivity index (χ0n) is 8.30. The summed E-state index contributed by atoms with van der Waals surface area (Å²) in [5, 5.41) is 10.5. The molecule has 0 radical (unpaired) electrons. The molecule has 4 N–H and O–H groups in total. The number of hydrogen-bond donors (Lipinski definition) is 3. The first-order valence-electron chi connectivity index (χ1n) is 4.32. The van der Waals surface area contributed by atoms with E-state index in [9.17, 15) is 14.4 Å². The zero-order valence-corrected chi connectivity index (χ0v) is 9.12. The average Bonchev–Trinajstić information content (AvgIpc) is 2.15.